The van der Waals surface area contributed by atoms with E-state index in [0.717, 1.165) is 88.4 Å². The molecule has 0 radical (unpaired) electrons. The van der Waals surface area contributed by atoms with Crippen LogP contribution in [0.3, 0.4) is 0 Å². The molecule has 0 N–H and O–H groups in total. The molecule has 0 amide bonds. The molecule has 0 atom stereocenters. The zero-order valence-corrected chi connectivity index (χ0v) is 49.6. The quantitative estimate of drug-likeness (QED) is 0.0779. The van der Waals surface area contributed by atoms with E-state index in [-0.39, 0.29) is 61.7 Å². The normalized spacial score (nSPS) is 12.6. The van der Waals surface area contributed by atoms with E-state index in [1.165, 1.54) is 39.1 Å². The van der Waals surface area contributed by atoms with Crippen molar-refractivity contribution in [3.05, 3.63) is 253 Å². The Bertz CT molecular complexity index is 4880. The second-order valence-corrected chi connectivity index (χ2v) is 22.3. The van der Waals surface area contributed by atoms with Crippen molar-refractivity contribution in [1.82, 2.24) is 14.5 Å². The first-order valence-corrected chi connectivity index (χ1v) is 28.2. The van der Waals surface area contributed by atoms with Crippen molar-refractivity contribution in [3.8, 4) is 56.4 Å². The van der Waals surface area contributed by atoms with Crippen molar-refractivity contribution < 1.29 is 35.9 Å². The molecule has 0 bridgehead atoms. The molecule has 3 aromatic heterocycles. The number of para-hydroxylation sites is 5. The van der Waals surface area contributed by atoms with Gasteiger partial charge < -0.3 is 13.6 Å². The van der Waals surface area contributed by atoms with Crippen molar-refractivity contribution in [2.45, 2.75) is 79.1 Å². The predicted octanol–water partition coefficient (Wildman–Crippen LogP) is 20.1. The summed E-state index contributed by atoms with van der Waals surface area (Å²) in [5.41, 5.74) is 18.0. The molecule has 5 nitrogen and oxygen atoms in total. The molecule has 0 spiro atoms. The maximum Gasteiger partial charge on any atom is 3.00 e. The number of benzene rings is 11. The summed E-state index contributed by atoms with van der Waals surface area (Å²) in [6, 6.07) is 70.2. The first-order valence-electron chi connectivity index (χ1n) is 30.7. The number of imidazole rings is 2. The number of furan rings is 1. The van der Waals surface area contributed by atoms with Gasteiger partial charge in [-0.3, -0.25) is 9.97 Å². The fourth-order valence-corrected chi connectivity index (χ4v) is 11.8. The van der Waals surface area contributed by atoms with Gasteiger partial charge >= 0.3 is 20.1 Å². The molecular weight excluding hydrogens is 1180 g/mol. The molecule has 0 unspecified atom stereocenters. The molecule has 3 heterocycles. The molecule has 11 aromatic carbocycles. The molecule has 0 fully saturated rings. The van der Waals surface area contributed by atoms with E-state index >= 15 is 0 Å². The number of rotatable bonds is 10. The van der Waals surface area contributed by atoms with Crippen LogP contribution in [0.25, 0.3) is 122 Å². The Labute approximate surface area is 501 Å². The van der Waals surface area contributed by atoms with Crippen LogP contribution < -0.4 is 9.55 Å². The van der Waals surface area contributed by atoms with E-state index in [1.54, 1.807) is 0 Å². The van der Waals surface area contributed by atoms with E-state index in [2.05, 4.69) is 210 Å². The molecule has 14 rings (SSSR count). The number of fused-ring (bicyclic) bond motifs is 8. The third-order valence-electron chi connectivity index (χ3n) is 15.8. The minimum atomic E-state index is -0.401. The monoisotopic (exact) mass is 1250 g/mol. The maximum atomic E-state index is 8.53. The molecule has 82 heavy (non-hydrogen) atoms. The van der Waals surface area contributed by atoms with Gasteiger partial charge in [0.2, 0.25) is 0 Å². The first-order chi connectivity index (χ1) is 41.6. The molecule has 0 aliphatic rings. The van der Waals surface area contributed by atoms with Crippen LogP contribution in [0.2, 0.25) is 0 Å². The zero-order valence-electron chi connectivity index (χ0n) is 52.2. The van der Waals surface area contributed by atoms with Crippen molar-refractivity contribution >= 4 is 65.6 Å². The molecule has 0 aliphatic carbocycles. The van der Waals surface area contributed by atoms with Crippen molar-refractivity contribution in [3.63, 3.8) is 0 Å². The largest absolute Gasteiger partial charge is 3.00 e. The van der Waals surface area contributed by atoms with Crippen LogP contribution >= 0.6 is 0 Å². The van der Waals surface area contributed by atoms with Crippen LogP contribution in [0.5, 0.6) is 0 Å². The van der Waals surface area contributed by atoms with Crippen LogP contribution in [0.15, 0.2) is 223 Å². The van der Waals surface area contributed by atoms with E-state index in [4.69, 9.17) is 21.2 Å². The number of hydrogen-bond acceptors (Lipinski definition) is 2. The minimum absolute atomic E-state index is 0. The first kappa shape index (κ1) is 48.1. The summed E-state index contributed by atoms with van der Waals surface area (Å²) >= 11 is 0. The SMILES string of the molecule is CC(C)c1cccc(C(C)C)c1-n1c(-c2[c-]cccc2)nc2ccccc21.[2H]c1c([2H])c([2H])c(-c2ccc3c(ccc4cc5c(cc43)oc3c(-c4[n-]c6ccccc6[n+]4-c4c(C(C)C)cc(-c6ccccc6)cc4C(C)C)[c-]ccc35)c2)c([2H])c1[2H].[Ir+3]. The van der Waals surface area contributed by atoms with Crippen LogP contribution in [-0.2, 0) is 20.1 Å². The van der Waals surface area contributed by atoms with Gasteiger partial charge in [0.05, 0.1) is 46.2 Å². The summed E-state index contributed by atoms with van der Waals surface area (Å²) in [4.78, 5) is 10.3. The number of aromatic nitrogens is 4. The van der Waals surface area contributed by atoms with Crippen LogP contribution in [0.4, 0.5) is 0 Å². The van der Waals surface area contributed by atoms with Gasteiger partial charge in [0.25, 0.3) is 0 Å². The Morgan fingerprint density at radius 1 is 0.524 bits per heavy atom. The summed E-state index contributed by atoms with van der Waals surface area (Å²) in [5, 5.41) is 5.83. The van der Waals surface area contributed by atoms with Gasteiger partial charge in [-0.1, -0.05) is 194 Å². The minimum Gasteiger partial charge on any atom is -0.501 e. The van der Waals surface area contributed by atoms with Gasteiger partial charge in [0.15, 0.2) is 0 Å². The fraction of sp³-hybridized carbons (Fsp3) is 0.158. The van der Waals surface area contributed by atoms with E-state index in [1.807, 2.05) is 54.6 Å². The molecule has 0 aliphatic heterocycles. The molecule has 14 aromatic rings. The molecule has 402 valence electrons. The Hall–Kier alpha value is -8.67. The van der Waals surface area contributed by atoms with Gasteiger partial charge in [-0.05, 0) is 144 Å². The summed E-state index contributed by atoms with van der Waals surface area (Å²) in [6.07, 6.45) is 0. The Balaban J connectivity index is 0.000000221. The van der Waals surface area contributed by atoms with Gasteiger partial charge in [-0.25, -0.2) is 0 Å². The summed E-state index contributed by atoms with van der Waals surface area (Å²) in [7, 11) is 0. The fourth-order valence-electron chi connectivity index (χ4n) is 11.8. The zero-order chi connectivity index (χ0) is 59.8. The maximum absolute atomic E-state index is 8.53. The smallest absolute Gasteiger partial charge is 0.501 e. The van der Waals surface area contributed by atoms with E-state index in [9.17, 15) is 0 Å². The number of nitrogens with zero attached hydrogens (tertiary/aromatic N) is 4. The van der Waals surface area contributed by atoms with E-state index < -0.39 is 6.04 Å². The van der Waals surface area contributed by atoms with E-state index in [0.29, 0.717) is 23.0 Å². The number of hydrogen-bond donors (Lipinski definition) is 0. The molecule has 6 heteroatoms. The standard InChI is InChI=1S/C51H39N2O.C25H25N2.Ir/c1-31(2)42-28-38(34-16-9-6-10-17-34)29-43(32(3)4)49(42)53-47-21-12-11-20-46(47)52-51(53)41-19-13-18-40-45-27-37-23-22-36-26-35(33-14-7-5-8-15-33)24-25-39(36)44(37)30-48(45)54-50(40)41;1-17(2)20-13-10-14-21(18(3)4)24(20)27-23-16-9-8-15-22(23)26-25(27)19-11-6-5-7-12-19;/h5-18,20-32H,1-4H3;5-11,13-18H,1-4H3;/q2*-1;+3/i5D,7D,8D,14D,15D;;. The average Bonchev–Trinajstić information content (AvgIpc) is 1.69. The average molecular weight is 1250 g/mol. The topological polar surface area (TPSA) is 48.9 Å². The third kappa shape index (κ3) is 9.64. The van der Waals surface area contributed by atoms with Gasteiger partial charge in [0.1, 0.15) is 5.58 Å². The predicted molar refractivity (Wildman–Crippen MR) is 338 cm³/mol. The Morgan fingerprint density at radius 3 is 1.90 bits per heavy atom. The van der Waals surface area contributed by atoms with Crippen LogP contribution in [0.1, 0.15) is 108 Å². The van der Waals surface area contributed by atoms with Crippen LogP contribution in [0, 0.1) is 12.1 Å². The molecular formula is C76H64IrN4O+. The van der Waals surface area contributed by atoms with Gasteiger partial charge in [-0.15, -0.1) is 54.1 Å². The molecule has 0 saturated heterocycles. The summed E-state index contributed by atoms with van der Waals surface area (Å²) < 4.78 is 53.0. The van der Waals surface area contributed by atoms with Crippen molar-refractivity contribution in [1.29, 1.82) is 0 Å². The van der Waals surface area contributed by atoms with Crippen LogP contribution in [-0.4, -0.2) is 9.55 Å². The Kier molecular flexibility index (Phi) is 13.1. The Morgan fingerprint density at radius 2 is 1.20 bits per heavy atom. The third-order valence-corrected chi connectivity index (χ3v) is 15.8. The van der Waals surface area contributed by atoms with Gasteiger partial charge in [-0.2, -0.15) is 0 Å². The summed E-state index contributed by atoms with van der Waals surface area (Å²) in [6.45, 7) is 18.1. The van der Waals surface area contributed by atoms with Crippen molar-refractivity contribution in [2.75, 3.05) is 0 Å². The second-order valence-electron chi connectivity index (χ2n) is 22.3. The summed E-state index contributed by atoms with van der Waals surface area (Å²) in [5.74, 6) is 3.01. The second kappa shape index (κ2) is 22.3. The molecule has 0 saturated carbocycles. The van der Waals surface area contributed by atoms with Crippen molar-refractivity contribution in [2.24, 2.45) is 0 Å². The van der Waals surface area contributed by atoms with Gasteiger partial charge in [0, 0.05) is 16.8 Å².